The number of nitrogen functional groups attached to an aromatic ring is 1. The van der Waals surface area contributed by atoms with Crippen LogP contribution in [0.3, 0.4) is 0 Å². The highest BCUT2D eigenvalue weighted by Gasteiger charge is 2.15. The molecule has 6 heteroatoms. The van der Waals surface area contributed by atoms with Crippen molar-refractivity contribution in [1.29, 1.82) is 0 Å². The molecule has 0 aliphatic rings. The van der Waals surface area contributed by atoms with Gasteiger partial charge in [0.15, 0.2) is 0 Å². The highest BCUT2D eigenvalue weighted by molar-refractivity contribution is 5.96. The second-order valence-electron chi connectivity index (χ2n) is 4.50. The van der Waals surface area contributed by atoms with Gasteiger partial charge in [0.25, 0.3) is 0 Å². The maximum atomic E-state index is 13.9. The molecule has 0 heterocycles. The summed E-state index contributed by atoms with van der Waals surface area (Å²) in [5.74, 6) is -1.67. The lowest BCUT2D eigenvalue weighted by Crippen LogP contribution is -2.08. The minimum absolute atomic E-state index is 0.0132. The molecule has 0 saturated carbocycles. The lowest BCUT2D eigenvalue weighted by atomic mass is 10.1. The predicted molar refractivity (Wildman–Crippen MR) is 76.6 cm³/mol. The third-order valence-corrected chi connectivity index (χ3v) is 3.00. The predicted octanol–water partition coefficient (Wildman–Crippen LogP) is 3.39. The van der Waals surface area contributed by atoms with E-state index in [0.717, 1.165) is 6.07 Å². The number of methoxy groups -OCH3 is 1. The summed E-state index contributed by atoms with van der Waals surface area (Å²) in [5, 5.41) is 2.81. The monoisotopic (exact) mass is 292 g/mol. The van der Waals surface area contributed by atoms with E-state index in [1.807, 2.05) is 0 Å². The first kappa shape index (κ1) is 14.8. The van der Waals surface area contributed by atoms with Gasteiger partial charge in [0, 0.05) is 11.4 Å². The lowest BCUT2D eigenvalue weighted by molar-refractivity contribution is 0.0602. The minimum Gasteiger partial charge on any atom is -0.465 e. The van der Waals surface area contributed by atoms with Crippen LogP contribution in [-0.2, 0) is 4.74 Å². The van der Waals surface area contributed by atoms with E-state index < -0.39 is 11.8 Å². The number of hydrogen-bond acceptors (Lipinski definition) is 4. The van der Waals surface area contributed by atoms with Crippen molar-refractivity contribution in [2.24, 2.45) is 0 Å². The molecule has 110 valence electrons. The average Bonchev–Trinajstić information content (AvgIpc) is 2.43. The summed E-state index contributed by atoms with van der Waals surface area (Å²) in [5.41, 5.74) is 6.82. The van der Waals surface area contributed by atoms with Crippen LogP contribution in [0.15, 0.2) is 30.3 Å². The molecule has 0 aromatic heterocycles. The molecule has 0 spiro atoms. The maximum absolute atomic E-state index is 13.9. The summed E-state index contributed by atoms with van der Waals surface area (Å²) in [6, 6.07) is 6.36. The Labute approximate surface area is 120 Å². The van der Waals surface area contributed by atoms with Gasteiger partial charge in [-0.25, -0.2) is 13.6 Å². The van der Waals surface area contributed by atoms with Crippen molar-refractivity contribution in [3.05, 3.63) is 53.1 Å². The minimum atomic E-state index is -0.661. The fourth-order valence-electron chi connectivity index (χ4n) is 1.88. The van der Waals surface area contributed by atoms with E-state index in [1.165, 1.54) is 31.4 Å². The molecule has 0 unspecified atom stereocenters. The molecular weight excluding hydrogens is 278 g/mol. The molecule has 21 heavy (non-hydrogen) atoms. The summed E-state index contributed by atoms with van der Waals surface area (Å²) in [6.45, 7) is 1.68. The number of esters is 1. The third-order valence-electron chi connectivity index (χ3n) is 3.00. The standard InChI is InChI=1S/C15H14F2N2O2/c1-8-5-9(16)3-4-13(8)19-14-6-10(15(20)21-2)12(18)7-11(14)17/h3-7,19H,18H2,1-2H3. The maximum Gasteiger partial charge on any atom is 0.340 e. The van der Waals surface area contributed by atoms with Gasteiger partial charge in [0.1, 0.15) is 11.6 Å². The van der Waals surface area contributed by atoms with Crippen LogP contribution in [0.4, 0.5) is 25.8 Å². The molecule has 0 saturated heterocycles. The van der Waals surface area contributed by atoms with E-state index in [4.69, 9.17) is 5.73 Å². The highest BCUT2D eigenvalue weighted by atomic mass is 19.1. The van der Waals surface area contributed by atoms with E-state index in [2.05, 4.69) is 10.1 Å². The summed E-state index contributed by atoms with van der Waals surface area (Å²) in [6.07, 6.45) is 0. The van der Waals surface area contributed by atoms with E-state index in [9.17, 15) is 13.6 Å². The largest absolute Gasteiger partial charge is 0.465 e. The number of nitrogens with two attached hydrogens (primary N) is 1. The number of hydrogen-bond donors (Lipinski definition) is 2. The summed E-state index contributed by atoms with van der Waals surface area (Å²) in [4.78, 5) is 11.6. The zero-order valence-electron chi connectivity index (χ0n) is 11.5. The number of rotatable bonds is 3. The average molecular weight is 292 g/mol. The van der Waals surface area contributed by atoms with Gasteiger partial charge in [-0.05, 0) is 42.8 Å². The van der Waals surface area contributed by atoms with Crippen LogP contribution in [0.25, 0.3) is 0 Å². The third kappa shape index (κ3) is 3.10. The fourth-order valence-corrected chi connectivity index (χ4v) is 1.88. The van der Waals surface area contributed by atoms with Crippen LogP contribution in [0.5, 0.6) is 0 Å². The second-order valence-corrected chi connectivity index (χ2v) is 4.50. The molecule has 0 fully saturated rings. The summed E-state index contributed by atoms with van der Waals surface area (Å²) >= 11 is 0. The molecule has 0 amide bonds. The van der Waals surface area contributed by atoms with Crippen molar-refractivity contribution in [1.82, 2.24) is 0 Å². The molecule has 0 radical (unpaired) electrons. The van der Waals surface area contributed by atoms with Gasteiger partial charge in [-0.2, -0.15) is 0 Å². The molecular formula is C15H14F2N2O2. The number of carbonyl (C=O) groups is 1. The van der Waals surface area contributed by atoms with Crippen LogP contribution in [0.2, 0.25) is 0 Å². The molecule has 0 aliphatic heterocycles. The van der Waals surface area contributed by atoms with Crippen molar-refractivity contribution in [2.45, 2.75) is 6.92 Å². The van der Waals surface area contributed by atoms with Gasteiger partial charge in [0.2, 0.25) is 0 Å². The fraction of sp³-hybridized carbons (Fsp3) is 0.133. The van der Waals surface area contributed by atoms with Crippen molar-refractivity contribution in [2.75, 3.05) is 18.2 Å². The van der Waals surface area contributed by atoms with Crippen molar-refractivity contribution < 1.29 is 18.3 Å². The van der Waals surface area contributed by atoms with E-state index >= 15 is 0 Å². The number of benzene rings is 2. The Morgan fingerprint density at radius 1 is 1.19 bits per heavy atom. The van der Waals surface area contributed by atoms with E-state index in [1.54, 1.807) is 6.92 Å². The number of anilines is 3. The van der Waals surface area contributed by atoms with Gasteiger partial charge < -0.3 is 15.8 Å². The topological polar surface area (TPSA) is 64.3 Å². The number of carbonyl (C=O) groups excluding carboxylic acids is 1. The van der Waals surface area contributed by atoms with E-state index in [-0.39, 0.29) is 22.8 Å². The number of aryl methyl sites for hydroxylation is 1. The van der Waals surface area contributed by atoms with Gasteiger partial charge in [-0.1, -0.05) is 0 Å². The van der Waals surface area contributed by atoms with Gasteiger partial charge in [0.05, 0.1) is 18.4 Å². The van der Waals surface area contributed by atoms with Crippen LogP contribution in [0, 0.1) is 18.6 Å². The first-order valence-electron chi connectivity index (χ1n) is 6.13. The molecule has 3 N–H and O–H groups in total. The first-order valence-corrected chi connectivity index (χ1v) is 6.13. The van der Waals surface area contributed by atoms with Gasteiger partial charge in [-0.15, -0.1) is 0 Å². The number of ether oxygens (including phenoxy) is 1. The Bertz CT molecular complexity index is 702. The molecule has 0 bridgehead atoms. The number of nitrogens with one attached hydrogen (secondary N) is 1. The zero-order chi connectivity index (χ0) is 15.6. The smallest absolute Gasteiger partial charge is 0.340 e. The molecule has 2 aromatic carbocycles. The summed E-state index contributed by atoms with van der Waals surface area (Å²) < 4.78 is 31.6. The summed E-state index contributed by atoms with van der Waals surface area (Å²) in [7, 11) is 1.21. The Balaban J connectivity index is 2.42. The van der Waals surface area contributed by atoms with Crippen LogP contribution in [-0.4, -0.2) is 13.1 Å². The van der Waals surface area contributed by atoms with Crippen molar-refractivity contribution >= 4 is 23.0 Å². The van der Waals surface area contributed by atoms with Crippen LogP contribution in [0.1, 0.15) is 15.9 Å². The van der Waals surface area contributed by atoms with Gasteiger partial charge >= 0.3 is 5.97 Å². The van der Waals surface area contributed by atoms with Crippen LogP contribution >= 0.6 is 0 Å². The molecule has 2 aromatic rings. The quantitative estimate of drug-likeness (QED) is 0.672. The Morgan fingerprint density at radius 3 is 2.52 bits per heavy atom. The number of halogens is 2. The molecule has 0 atom stereocenters. The highest BCUT2D eigenvalue weighted by Crippen LogP contribution is 2.27. The molecule has 4 nitrogen and oxygen atoms in total. The zero-order valence-corrected chi connectivity index (χ0v) is 11.5. The van der Waals surface area contributed by atoms with Crippen molar-refractivity contribution in [3.63, 3.8) is 0 Å². The molecule has 0 aliphatic carbocycles. The Morgan fingerprint density at radius 2 is 1.90 bits per heavy atom. The Hall–Kier alpha value is -2.63. The van der Waals surface area contributed by atoms with E-state index in [0.29, 0.717) is 11.3 Å². The van der Waals surface area contributed by atoms with Gasteiger partial charge in [-0.3, -0.25) is 0 Å². The first-order chi connectivity index (χ1) is 9.92. The Kier molecular flexibility index (Phi) is 4.07. The second kappa shape index (κ2) is 5.78. The SMILES string of the molecule is COC(=O)c1cc(Nc2ccc(F)cc2C)c(F)cc1N. The lowest BCUT2D eigenvalue weighted by Gasteiger charge is -2.13. The van der Waals surface area contributed by atoms with Crippen molar-refractivity contribution in [3.8, 4) is 0 Å². The molecule has 2 rings (SSSR count). The normalized spacial score (nSPS) is 10.3. The van der Waals surface area contributed by atoms with Crippen LogP contribution < -0.4 is 11.1 Å².